The molecule has 0 aromatic carbocycles. The summed E-state index contributed by atoms with van der Waals surface area (Å²) in [4.78, 5) is 13.9. The van der Waals surface area contributed by atoms with Gasteiger partial charge in [-0.25, -0.2) is 0 Å². The molecule has 5 fully saturated rings. The summed E-state index contributed by atoms with van der Waals surface area (Å²) in [6, 6.07) is 2.19. The third-order valence-electron chi connectivity index (χ3n) is 6.31. The van der Waals surface area contributed by atoms with Crippen molar-refractivity contribution in [3.8, 4) is 6.07 Å². The first-order valence-electron chi connectivity index (χ1n) is 7.93. The lowest BCUT2D eigenvalue weighted by atomic mass is 9.52. The average Bonchev–Trinajstić information content (AvgIpc) is 2.73. The first-order valence-corrected chi connectivity index (χ1v) is 7.93. The Kier molecular flexibility index (Phi) is 2.62. The highest BCUT2D eigenvalue weighted by Gasteiger charge is 2.49. The van der Waals surface area contributed by atoms with Crippen LogP contribution in [0.4, 0.5) is 0 Å². The summed E-state index contributed by atoms with van der Waals surface area (Å²) < 4.78 is 0. The Morgan fingerprint density at radius 2 is 1.74 bits per heavy atom. The number of carbonyl (C=O) groups excluding carboxylic acids is 1. The minimum atomic E-state index is -0.135. The molecular weight excluding hydrogens is 236 g/mol. The number of hydrogen-bond donors (Lipinski definition) is 0. The van der Waals surface area contributed by atoms with Crippen molar-refractivity contribution in [3.05, 3.63) is 0 Å². The van der Waals surface area contributed by atoms with E-state index in [-0.39, 0.29) is 11.9 Å². The molecular formula is C16H22N2O. The molecule has 5 aliphatic rings. The fraction of sp³-hybridized carbons (Fsp3) is 0.875. The Bertz CT molecular complexity index is 411. The predicted octanol–water partition coefficient (Wildman–Crippen LogP) is 2.57. The molecule has 4 aliphatic carbocycles. The van der Waals surface area contributed by atoms with Crippen LogP contribution < -0.4 is 0 Å². The molecule has 4 bridgehead atoms. The van der Waals surface area contributed by atoms with E-state index in [1.807, 2.05) is 4.90 Å². The highest BCUT2D eigenvalue weighted by Crippen LogP contribution is 2.56. The van der Waals surface area contributed by atoms with E-state index in [0.717, 1.165) is 36.6 Å². The normalized spacial score (nSPS) is 47.7. The van der Waals surface area contributed by atoms with Crippen molar-refractivity contribution >= 4 is 5.91 Å². The van der Waals surface area contributed by atoms with Crippen molar-refractivity contribution in [3.63, 3.8) is 0 Å². The fourth-order valence-electron chi connectivity index (χ4n) is 5.66. The molecule has 0 aromatic heterocycles. The molecule has 1 saturated heterocycles. The van der Waals surface area contributed by atoms with Crippen LogP contribution in [0.15, 0.2) is 0 Å². The molecule has 1 unspecified atom stereocenters. The Morgan fingerprint density at radius 3 is 2.32 bits per heavy atom. The van der Waals surface area contributed by atoms with Crippen molar-refractivity contribution < 1.29 is 4.79 Å². The van der Waals surface area contributed by atoms with E-state index < -0.39 is 0 Å². The molecule has 102 valence electrons. The van der Waals surface area contributed by atoms with Crippen LogP contribution in [-0.2, 0) is 4.79 Å². The van der Waals surface area contributed by atoms with Crippen molar-refractivity contribution in [2.45, 2.75) is 51.0 Å². The fourth-order valence-corrected chi connectivity index (χ4v) is 5.66. The second-order valence-corrected chi connectivity index (χ2v) is 7.32. The smallest absolute Gasteiger partial charge is 0.223 e. The van der Waals surface area contributed by atoms with Gasteiger partial charge in [0.05, 0.1) is 6.07 Å². The van der Waals surface area contributed by atoms with Crippen LogP contribution in [0.5, 0.6) is 0 Å². The summed E-state index contributed by atoms with van der Waals surface area (Å²) in [6.07, 6.45) is 8.42. The number of amides is 1. The minimum Gasteiger partial charge on any atom is -0.326 e. The van der Waals surface area contributed by atoms with Crippen molar-refractivity contribution in [2.24, 2.45) is 29.6 Å². The number of carbonyl (C=O) groups is 1. The van der Waals surface area contributed by atoms with Gasteiger partial charge >= 0.3 is 0 Å². The lowest BCUT2D eigenvalue weighted by Crippen LogP contribution is -2.50. The zero-order valence-electron chi connectivity index (χ0n) is 11.4. The van der Waals surface area contributed by atoms with Crippen LogP contribution in [-0.4, -0.2) is 23.4 Å². The summed E-state index contributed by atoms with van der Waals surface area (Å²) in [5.41, 5.74) is 0. The highest BCUT2D eigenvalue weighted by molar-refractivity contribution is 5.79. The zero-order chi connectivity index (χ0) is 13.0. The summed E-state index contributed by atoms with van der Waals surface area (Å²) in [6.45, 7) is 0.881. The Morgan fingerprint density at radius 1 is 1.11 bits per heavy atom. The van der Waals surface area contributed by atoms with E-state index in [0.29, 0.717) is 12.3 Å². The Hall–Kier alpha value is -1.04. The van der Waals surface area contributed by atoms with Crippen LogP contribution in [0.25, 0.3) is 0 Å². The highest BCUT2D eigenvalue weighted by atomic mass is 16.2. The lowest BCUT2D eigenvalue weighted by molar-refractivity contribution is -0.131. The molecule has 1 heterocycles. The van der Waals surface area contributed by atoms with E-state index in [9.17, 15) is 10.1 Å². The van der Waals surface area contributed by atoms with Gasteiger partial charge in [0.25, 0.3) is 0 Å². The van der Waals surface area contributed by atoms with Gasteiger partial charge in [-0.1, -0.05) is 0 Å². The molecule has 5 rings (SSSR count). The van der Waals surface area contributed by atoms with E-state index in [2.05, 4.69) is 6.07 Å². The van der Waals surface area contributed by atoms with Crippen molar-refractivity contribution in [1.29, 1.82) is 5.26 Å². The quantitative estimate of drug-likeness (QED) is 0.764. The minimum absolute atomic E-state index is 0.135. The van der Waals surface area contributed by atoms with Gasteiger partial charge in [0.1, 0.15) is 6.04 Å². The molecule has 0 aromatic rings. The molecule has 1 amide bonds. The van der Waals surface area contributed by atoms with Gasteiger partial charge in [0, 0.05) is 13.0 Å². The van der Waals surface area contributed by atoms with Crippen LogP contribution in [0, 0.1) is 40.9 Å². The molecule has 0 N–H and O–H groups in total. The molecule has 19 heavy (non-hydrogen) atoms. The maximum Gasteiger partial charge on any atom is 0.223 e. The molecule has 1 aliphatic heterocycles. The van der Waals surface area contributed by atoms with E-state index in [1.165, 1.54) is 32.1 Å². The topological polar surface area (TPSA) is 44.1 Å². The van der Waals surface area contributed by atoms with Crippen molar-refractivity contribution in [1.82, 2.24) is 4.90 Å². The van der Waals surface area contributed by atoms with Gasteiger partial charge in [-0.2, -0.15) is 5.26 Å². The second kappa shape index (κ2) is 4.23. The molecule has 3 heteroatoms. The summed E-state index contributed by atoms with van der Waals surface area (Å²) >= 11 is 0. The molecule has 1 atom stereocenters. The Labute approximate surface area is 115 Å². The maximum absolute atomic E-state index is 12.0. The Balaban J connectivity index is 1.51. The number of hydrogen-bond acceptors (Lipinski definition) is 2. The van der Waals surface area contributed by atoms with E-state index in [1.54, 1.807) is 0 Å². The van der Waals surface area contributed by atoms with Crippen LogP contribution in [0.3, 0.4) is 0 Å². The molecule has 0 radical (unpaired) electrons. The third kappa shape index (κ3) is 1.80. The maximum atomic E-state index is 12.0. The molecule has 0 spiro atoms. The summed E-state index contributed by atoms with van der Waals surface area (Å²) in [5, 5.41) is 9.19. The van der Waals surface area contributed by atoms with Gasteiger partial charge in [0.15, 0.2) is 0 Å². The van der Waals surface area contributed by atoms with Crippen LogP contribution >= 0.6 is 0 Å². The van der Waals surface area contributed by atoms with Gasteiger partial charge in [-0.3, -0.25) is 4.79 Å². The largest absolute Gasteiger partial charge is 0.326 e. The number of nitrogens with zero attached hydrogens (tertiary/aromatic N) is 2. The predicted molar refractivity (Wildman–Crippen MR) is 70.9 cm³/mol. The first kappa shape index (κ1) is 11.8. The first-order chi connectivity index (χ1) is 9.24. The monoisotopic (exact) mass is 258 g/mol. The van der Waals surface area contributed by atoms with Gasteiger partial charge < -0.3 is 4.90 Å². The average molecular weight is 258 g/mol. The van der Waals surface area contributed by atoms with Crippen molar-refractivity contribution in [2.75, 3.05) is 6.54 Å². The van der Waals surface area contributed by atoms with E-state index in [4.69, 9.17) is 0 Å². The lowest BCUT2D eigenvalue weighted by Gasteiger charge is -2.55. The molecule has 3 nitrogen and oxygen atoms in total. The number of likely N-dealkylation sites (tertiary alicyclic amines) is 1. The van der Waals surface area contributed by atoms with Crippen LogP contribution in [0.1, 0.15) is 44.9 Å². The SMILES string of the molecule is N#CC1CCC(=O)N1CC1C2CC3CC(C2)CC1C3. The molecule has 4 saturated carbocycles. The second-order valence-electron chi connectivity index (χ2n) is 7.32. The van der Waals surface area contributed by atoms with Gasteiger partial charge in [-0.15, -0.1) is 0 Å². The van der Waals surface area contributed by atoms with Gasteiger partial charge in [-0.05, 0) is 68.1 Å². The van der Waals surface area contributed by atoms with Crippen LogP contribution in [0.2, 0.25) is 0 Å². The number of nitriles is 1. The zero-order valence-corrected chi connectivity index (χ0v) is 11.4. The summed E-state index contributed by atoms with van der Waals surface area (Å²) in [7, 11) is 0. The summed E-state index contributed by atoms with van der Waals surface area (Å²) in [5.74, 6) is 4.60. The third-order valence-corrected chi connectivity index (χ3v) is 6.31. The number of rotatable bonds is 2. The van der Waals surface area contributed by atoms with E-state index >= 15 is 0 Å². The standard InChI is InChI=1S/C16H22N2O/c17-8-14-1-2-16(19)18(14)9-15-12-4-10-3-11(6-12)7-13(15)5-10/h10-15H,1-7,9H2. The van der Waals surface area contributed by atoms with Gasteiger partial charge in [0.2, 0.25) is 5.91 Å².